The Bertz CT molecular complexity index is 532. The molecule has 0 unspecified atom stereocenters. The fourth-order valence-corrected chi connectivity index (χ4v) is 1.54. The molecule has 0 saturated heterocycles. The lowest BCUT2D eigenvalue weighted by atomic mass is 10.0. The van der Waals surface area contributed by atoms with Crippen LogP contribution in [0.4, 0.5) is 0 Å². The van der Waals surface area contributed by atoms with Crippen molar-refractivity contribution in [2.75, 3.05) is 0 Å². The lowest BCUT2D eigenvalue weighted by Gasteiger charge is -2.03. The van der Waals surface area contributed by atoms with E-state index in [0.717, 1.165) is 16.9 Å². The van der Waals surface area contributed by atoms with Crippen molar-refractivity contribution in [1.82, 2.24) is 0 Å². The Kier molecular flexibility index (Phi) is 2.31. The van der Waals surface area contributed by atoms with Gasteiger partial charge in [0.25, 0.3) is 0 Å². The van der Waals surface area contributed by atoms with Crippen molar-refractivity contribution in [3.63, 3.8) is 0 Å². The Labute approximate surface area is 88.8 Å². The van der Waals surface area contributed by atoms with Gasteiger partial charge in [-0.15, -0.1) is 0 Å². The Hall–Kier alpha value is -2.01. The summed E-state index contributed by atoms with van der Waals surface area (Å²) in [7, 11) is 0. The van der Waals surface area contributed by atoms with Gasteiger partial charge in [0.15, 0.2) is 0 Å². The maximum Gasteiger partial charge on any atom is 0.204 e. The molecule has 1 aromatic heterocycles. The molecule has 2 aromatic rings. The summed E-state index contributed by atoms with van der Waals surface area (Å²) in [5, 5.41) is 8.68. The molecular weight excluding hydrogens is 186 g/mol. The Balaban J connectivity index is 2.54. The van der Waals surface area contributed by atoms with Crippen molar-refractivity contribution in [3.05, 3.63) is 47.2 Å². The SMILES string of the molecule is Cc1ccc(C)c(-c2ccc(C#N)o2)c1. The second-order valence-corrected chi connectivity index (χ2v) is 3.59. The number of furan rings is 1. The summed E-state index contributed by atoms with van der Waals surface area (Å²) in [6, 6.07) is 11.7. The van der Waals surface area contributed by atoms with Crippen LogP contribution in [-0.4, -0.2) is 0 Å². The largest absolute Gasteiger partial charge is 0.446 e. The Morgan fingerprint density at radius 1 is 1.13 bits per heavy atom. The zero-order chi connectivity index (χ0) is 10.8. The summed E-state index contributed by atoms with van der Waals surface area (Å²) in [6.45, 7) is 4.07. The van der Waals surface area contributed by atoms with Crippen molar-refractivity contribution in [3.8, 4) is 17.4 Å². The maximum atomic E-state index is 8.68. The molecule has 0 radical (unpaired) electrons. The highest BCUT2D eigenvalue weighted by Crippen LogP contribution is 2.26. The molecule has 2 nitrogen and oxygen atoms in total. The third kappa shape index (κ3) is 1.77. The molecule has 0 aliphatic heterocycles. The van der Waals surface area contributed by atoms with Crippen LogP contribution in [0.5, 0.6) is 0 Å². The van der Waals surface area contributed by atoms with Crippen molar-refractivity contribution < 1.29 is 4.42 Å². The molecule has 0 amide bonds. The van der Waals surface area contributed by atoms with Crippen molar-refractivity contribution in [1.29, 1.82) is 5.26 Å². The molecule has 0 saturated carbocycles. The van der Waals surface area contributed by atoms with E-state index >= 15 is 0 Å². The number of nitrogens with zero attached hydrogens (tertiary/aromatic N) is 1. The summed E-state index contributed by atoms with van der Waals surface area (Å²) in [5.41, 5.74) is 3.39. The molecule has 0 fully saturated rings. The van der Waals surface area contributed by atoms with Gasteiger partial charge in [0.2, 0.25) is 5.76 Å². The number of aryl methyl sites for hydroxylation is 2. The summed E-state index contributed by atoms with van der Waals surface area (Å²) in [4.78, 5) is 0. The van der Waals surface area contributed by atoms with E-state index in [-0.39, 0.29) is 0 Å². The number of benzene rings is 1. The van der Waals surface area contributed by atoms with Gasteiger partial charge in [0.1, 0.15) is 11.8 Å². The van der Waals surface area contributed by atoms with Gasteiger partial charge in [0, 0.05) is 5.56 Å². The minimum atomic E-state index is 0.353. The second-order valence-electron chi connectivity index (χ2n) is 3.59. The average molecular weight is 197 g/mol. The van der Waals surface area contributed by atoms with Crippen LogP contribution in [0.2, 0.25) is 0 Å². The van der Waals surface area contributed by atoms with Crippen molar-refractivity contribution in [2.45, 2.75) is 13.8 Å². The smallest absolute Gasteiger partial charge is 0.204 e. The van der Waals surface area contributed by atoms with Gasteiger partial charge in [-0.25, -0.2) is 0 Å². The van der Waals surface area contributed by atoms with Crippen molar-refractivity contribution >= 4 is 0 Å². The average Bonchev–Trinajstić information content (AvgIpc) is 2.70. The van der Waals surface area contributed by atoms with Crippen LogP contribution in [0.25, 0.3) is 11.3 Å². The first-order valence-electron chi connectivity index (χ1n) is 4.78. The molecule has 0 bridgehead atoms. The number of hydrogen-bond donors (Lipinski definition) is 0. The van der Waals surface area contributed by atoms with Crippen LogP contribution >= 0.6 is 0 Å². The first-order valence-corrected chi connectivity index (χ1v) is 4.78. The van der Waals surface area contributed by atoms with E-state index in [1.807, 2.05) is 26.0 Å². The second kappa shape index (κ2) is 3.62. The van der Waals surface area contributed by atoms with Crippen LogP contribution in [0, 0.1) is 25.2 Å². The molecule has 74 valence electrons. The highest BCUT2D eigenvalue weighted by molar-refractivity contribution is 5.63. The first-order chi connectivity index (χ1) is 7.20. The Morgan fingerprint density at radius 3 is 2.60 bits per heavy atom. The van der Waals surface area contributed by atoms with Gasteiger partial charge in [-0.2, -0.15) is 5.26 Å². The summed E-state index contributed by atoms with van der Waals surface area (Å²) < 4.78 is 5.39. The van der Waals surface area contributed by atoms with E-state index < -0.39 is 0 Å². The molecule has 1 aromatic carbocycles. The third-order valence-electron chi connectivity index (χ3n) is 2.37. The van der Waals surface area contributed by atoms with E-state index in [1.165, 1.54) is 5.56 Å². The standard InChI is InChI=1S/C13H11NO/c1-9-3-4-10(2)12(7-9)13-6-5-11(8-14)15-13/h3-7H,1-2H3. The molecule has 0 atom stereocenters. The summed E-state index contributed by atoms with van der Waals surface area (Å²) in [5.74, 6) is 1.11. The lowest BCUT2D eigenvalue weighted by molar-refractivity contribution is 0.567. The topological polar surface area (TPSA) is 36.9 Å². The predicted molar refractivity (Wildman–Crippen MR) is 58.3 cm³/mol. The molecule has 0 N–H and O–H groups in total. The highest BCUT2D eigenvalue weighted by Gasteiger charge is 2.06. The number of rotatable bonds is 1. The lowest BCUT2D eigenvalue weighted by Crippen LogP contribution is -1.82. The molecule has 2 rings (SSSR count). The monoisotopic (exact) mass is 197 g/mol. The van der Waals surface area contributed by atoms with Crippen LogP contribution in [0.3, 0.4) is 0 Å². The molecular formula is C13H11NO. The molecule has 0 spiro atoms. The van der Waals surface area contributed by atoms with Gasteiger partial charge in [-0.1, -0.05) is 17.7 Å². The maximum absolute atomic E-state index is 8.68. The predicted octanol–water partition coefficient (Wildman–Crippen LogP) is 3.44. The van der Waals surface area contributed by atoms with E-state index in [0.29, 0.717) is 5.76 Å². The van der Waals surface area contributed by atoms with E-state index in [9.17, 15) is 0 Å². The fraction of sp³-hybridized carbons (Fsp3) is 0.154. The zero-order valence-corrected chi connectivity index (χ0v) is 8.74. The molecule has 1 heterocycles. The molecule has 15 heavy (non-hydrogen) atoms. The first kappa shape index (κ1) is 9.54. The molecule has 0 aliphatic carbocycles. The Morgan fingerprint density at radius 2 is 1.93 bits per heavy atom. The zero-order valence-electron chi connectivity index (χ0n) is 8.74. The highest BCUT2D eigenvalue weighted by atomic mass is 16.3. The fourth-order valence-electron chi connectivity index (χ4n) is 1.54. The van der Waals surface area contributed by atoms with Gasteiger partial charge in [0.05, 0.1) is 0 Å². The van der Waals surface area contributed by atoms with E-state index in [2.05, 4.69) is 18.2 Å². The van der Waals surface area contributed by atoms with Crippen LogP contribution in [0.15, 0.2) is 34.7 Å². The van der Waals surface area contributed by atoms with E-state index in [1.54, 1.807) is 6.07 Å². The molecule has 0 aliphatic rings. The van der Waals surface area contributed by atoms with Gasteiger partial charge < -0.3 is 4.42 Å². The normalized spacial score (nSPS) is 9.93. The van der Waals surface area contributed by atoms with Crippen LogP contribution < -0.4 is 0 Å². The number of nitriles is 1. The van der Waals surface area contributed by atoms with E-state index in [4.69, 9.17) is 9.68 Å². The summed E-state index contributed by atoms with van der Waals surface area (Å²) in [6.07, 6.45) is 0. The van der Waals surface area contributed by atoms with Gasteiger partial charge in [-0.05, 0) is 37.6 Å². The number of hydrogen-bond acceptors (Lipinski definition) is 2. The minimum Gasteiger partial charge on any atom is -0.446 e. The third-order valence-corrected chi connectivity index (χ3v) is 2.37. The van der Waals surface area contributed by atoms with Crippen molar-refractivity contribution in [2.24, 2.45) is 0 Å². The van der Waals surface area contributed by atoms with Gasteiger partial charge in [-0.3, -0.25) is 0 Å². The van der Waals surface area contributed by atoms with Gasteiger partial charge >= 0.3 is 0 Å². The summed E-state index contributed by atoms with van der Waals surface area (Å²) >= 11 is 0. The quantitative estimate of drug-likeness (QED) is 0.702. The molecule has 2 heteroatoms. The van der Waals surface area contributed by atoms with Crippen LogP contribution in [-0.2, 0) is 0 Å². The van der Waals surface area contributed by atoms with Crippen LogP contribution in [0.1, 0.15) is 16.9 Å². The minimum absolute atomic E-state index is 0.353.